The van der Waals surface area contributed by atoms with Gasteiger partial charge in [-0.3, -0.25) is 4.99 Å². The number of hydrogen-bond donors (Lipinski definition) is 2. The molecule has 0 fully saturated rings. The lowest BCUT2D eigenvalue weighted by Gasteiger charge is -2.08. The normalized spacial score (nSPS) is 12.2. The van der Waals surface area contributed by atoms with Gasteiger partial charge in [0.15, 0.2) is 17.5 Å². The van der Waals surface area contributed by atoms with Gasteiger partial charge in [0.1, 0.15) is 0 Å². The quantitative estimate of drug-likeness (QED) is 0.803. The number of methoxy groups -OCH3 is 1. The van der Waals surface area contributed by atoms with Crippen LogP contribution in [0, 0.1) is 0 Å². The van der Waals surface area contributed by atoms with Gasteiger partial charge >= 0.3 is 5.97 Å². The summed E-state index contributed by atoms with van der Waals surface area (Å²) < 4.78 is 5.01. The van der Waals surface area contributed by atoms with Gasteiger partial charge in [-0.1, -0.05) is 36.4 Å². The van der Waals surface area contributed by atoms with Crippen molar-refractivity contribution >= 4 is 12.2 Å². The van der Waals surface area contributed by atoms with Gasteiger partial charge in [0.2, 0.25) is 0 Å². The van der Waals surface area contributed by atoms with Crippen molar-refractivity contribution in [2.24, 2.45) is 4.99 Å². The third kappa shape index (κ3) is 3.85. The summed E-state index contributed by atoms with van der Waals surface area (Å²) in [4.78, 5) is 15.4. The van der Waals surface area contributed by atoms with Gasteiger partial charge in [-0.25, -0.2) is 4.79 Å². The molecule has 114 valence electrons. The second-order valence-corrected chi connectivity index (χ2v) is 4.72. The number of phenolic OH excluding ortho intramolecular Hbond substituents is 1. The standard InChI is InChI=1S/C17H17NO4/c1-22-15-9-5-8-13(16(15)19)11-18-14(17(20)21)10-12-6-3-2-4-7-12/h2-9,11,14,19H,10H2,1H3,(H,20,21). The molecule has 2 rings (SSSR count). The highest BCUT2D eigenvalue weighted by Gasteiger charge is 2.16. The number of carboxylic acids is 1. The molecule has 2 N–H and O–H groups in total. The number of carboxylic acid groups (broad SMARTS) is 1. The first kappa shape index (κ1) is 15.6. The van der Waals surface area contributed by atoms with Crippen LogP contribution in [0.4, 0.5) is 0 Å². The summed E-state index contributed by atoms with van der Waals surface area (Å²) in [5.74, 6) is -0.751. The predicted molar refractivity (Wildman–Crippen MR) is 83.8 cm³/mol. The third-order valence-electron chi connectivity index (χ3n) is 3.20. The van der Waals surface area contributed by atoms with E-state index in [-0.39, 0.29) is 12.2 Å². The average Bonchev–Trinajstić information content (AvgIpc) is 2.53. The molecule has 0 bridgehead atoms. The van der Waals surface area contributed by atoms with Crippen LogP contribution in [-0.2, 0) is 11.2 Å². The minimum Gasteiger partial charge on any atom is -0.504 e. The van der Waals surface area contributed by atoms with Gasteiger partial charge < -0.3 is 14.9 Å². The fourth-order valence-electron chi connectivity index (χ4n) is 2.02. The van der Waals surface area contributed by atoms with Gasteiger partial charge in [0.25, 0.3) is 0 Å². The van der Waals surface area contributed by atoms with Gasteiger partial charge in [0.05, 0.1) is 7.11 Å². The number of nitrogens with zero attached hydrogens (tertiary/aromatic N) is 1. The number of aliphatic imine (C=N–C) groups is 1. The van der Waals surface area contributed by atoms with Crippen LogP contribution >= 0.6 is 0 Å². The van der Waals surface area contributed by atoms with E-state index in [1.165, 1.54) is 13.3 Å². The number of hydrogen-bond acceptors (Lipinski definition) is 4. The molecule has 22 heavy (non-hydrogen) atoms. The Balaban J connectivity index is 2.19. The summed E-state index contributed by atoms with van der Waals surface area (Å²) >= 11 is 0. The van der Waals surface area contributed by atoms with E-state index in [1.807, 2.05) is 30.3 Å². The summed E-state index contributed by atoms with van der Waals surface area (Å²) in [7, 11) is 1.45. The lowest BCUT2D eigenvalue weighted by molar-refractivity contribution is -0.138. The van der Waals surface area contributed by atoms with Gasteiger partial charge in [0, 0.05) is 18.2 Å². The lowest BCUT2D eigenvalue weighted by Crippen LogP contribution is -2.20. The van der Waals surface area contributed by atoms with Gasteiger partial charge in [-0.2, -0.15) is 0 Å². The topological polar surface area (TPSA) is 79.1 Å². The molecule has 5 nitrogen and oxygen atoms in total. The largest absolute Gasteiger partial charge is 0.504 e. The molecule has 0 radical (unpaired) electrons. The van der Waals surface area contributed by atoms with E-state index >= 15 is 0 Å². The fourth-order valence-corrected chi connectivity index (χ4v) is 2.02. The lowest BCUT2D eigenvalue weighted by atomic mass is 10.1. The molecule has 5 heteroatoms. The van der Waals surface area contributed by atoms with Crippen molar-refractivity contribution in [2.75, 3.05) is 7.11 Å². The Bertz CT molecular complexity index is 668. The number of aromatic hydroxyl groups is 1. The summed E-state index contributed by atoms with van der Waals surface area (Å²) in [6.07, 6.45) is 1.65. The van der Waals surface area contributed by atoms with Gasteiger partial charge in [-0.15, -0.1) is 0 Å². The minimum absolute atomic E-state index is 0.0578. The van der Waals surface area contributed by atoms with Crippen LogP contribution in [0.1, 0.15) is 11.1 Å². The number of para-hydroxylation sites is 1. The monoisotopic (exact) mass is 299 g/mol. The maximum atomic E-state index is 11.3. The van der Waals surface area contributed by atoms with E-state index in [0.717, 1.165) is 5.56 Å². The summed E-state index contributed by atoms with van der Waals surface area (Å²) in [5.41, 5.74) is 1.31. The molecular formula is C17H17NO4. The molecule has 0 aliphatic rings. The van der Waals surface area contributed by atoms with Crippen molar-refractivity contribution in [3.63, 3.8) is 0 Å². The number of carbonyl (C=O) groups is 1. The highest BCUT2D eigenvalue weighted by atomic mass is 16.5. The Morgan fingerprint density at radius 2 is 1.95 bits per heavy atom. The van der Waals surface area contributed by atoms with Crippen molar-refractivity contribution in [1.29, 1.82) is 0 Å². The molecule has 0 saturated carbocycles. The fraction of sp³-hybridized carbons (Fsp3) is 0.176. The number of ether oxygens (including phenoxy) is 1. The molecular weight excluding hydrogens is 282 g/mol. The molecule has 0 saturated heterocycles. The second-order valence-electron chi connectivity index (χ2n) is 4.72. The predicted octanol–water partition coefficient (Wildman–Crippen LogP) is 2.52. The van der Waals surface area contributed by atoms with Gasteiger partial charge in [-0.05, 0) is 17.7 Å². The van der Waals surface area contributed by atoms with Crippen molar-refractivity contribution in [2.45, 2.75) is 12.5 Å². The van der Waals surface area contributed by atoms with Crippen molar-refractivity contribution in [3.8, 4) is 11.5 Å². The smallest absolute Gasteiger partial charge is 0.328 e. The number of phenols is 1. The highest BCUT2D eigenvalue weighted by Crippen LogP contribution is 2.28. The first-order valence-corrected chi connectivity index (χ1v) is 6.77. The first-order chi connectivity index (χ1) is 10.6. The third-order valence-corrected chi connectivity index (χ3v) is 3.20. The maximum Gasteiger partial charge on any atom is 0.328 e. The maximum absolute atomic E-state index is 11.3. The molecule has 0 aliphatic carbocycles. The van der Waals surface area contributed by atoms with E-state index in [9.17, 15) is 15.0 Å². The van der Waals surface area contributed by atoms with E-state index in [4.69, 9.17) is 4.74 Å². The van der Waals surface area contributed by atoms with E-state index in [1.54, 1.807) is 18.2 Å². The molecule has 0 heterocycles. The molecule has 2 aromatic rings. The minimum atomic E-state index is -1.01. The molecule has 0 spiro atoms. The number of benzene rings is 2. The SMILES string of the molecule is COc1cccc(C=NC(Cc2ccccc2)C(=O)O)c1O. The Hall–Kier alpha value is -2.82. The molecule has 0 aromatic heterocycles. The van der Waals surface area contributed by atoms with E-state index in [0.29, 0.717) is 11.3 Å². The summed E-state index contributed by atoms with van der Waals surface area (Å²) in [6, 6.07) is 13.3. The molecule has 0 aliphatic heterocycles. The van der Waals surface area contributed by atoms with E-state index in [2.05, 4.69) is 4.99 Å². The molecule has 2 aromatic carbocycles. The Labute approximate surface area is 128 Å². The zero-order valence-corrected chi connectivity index (χ0v) is 12.1. The molecule has 0 amide bonds. The summed E-state index contributed by atoms with van der Waals surface area (Å²) in [6.45, 7) is 0. The number of rotatable bonds is 6. The van der Waals surface area contributed by atoms with Crippen LogP contribution in [0.5, 0.6) is 11.5 Å². The first-order valence-electron chi connectivity index (χ1n) is 6.77. The summed E-state index contributed by atoms with van der Waals surface area (Å²) in [5, 5.41) is 19.2. The van der Waals surface area contributed by atoms with Crippen LogP contribution in [0.2, 0.25) is 0 Å². The zero-order valence-electron chi connectivity index (χ0n) is 12.1. The van der Waals surface area contributed by atoms with Crippen LogP contribution in [0.15, 0.2) is 53.5 Å². The van der Waals surface area contributed by atoms with E-state index < -0.39 is 12.0 Å². The average molecular weight is 299 g/mol. The van der Waals surface area contributed by atoms with Crippen LogP contribution in [-0.4, -0.2) is 35.5 Å². The highest BCUT2D eigenvalue weighted by molar-refractivity contribution is 5.87. The Kier molecular flexibility index (Phi) is 5.14. The number of aliphatic carboxylic acids is 1. The molecule has 1 atom stereocenters. The van der Waals surface area contributed by atoms with Crippen LogP contribution in [0.3, 0.4) is 0 Å². The zero-order chi connectivity index (χ0) is 15.9. The van der Waals surface area contributed by atoms with Crippen LogP contribution < -0.4 is 4.74 Å². The van der Waals surface area contributed by atoms with Crippen molar-refractivity contribution in [1.82, 2.24) is 0 Å². The van der Waals surface area contributed by atoms with Crippen LogP contribution in [0.25, 0.3) is 0 Å². The van der Waals surface area contributed by atoms with Crippen molar-refractivity contribution in [3.05, 3.63) is 59.7 Å². The Morgan fingerprint density at radius 3 is 2.59 bits per heavy atom. The molecule has 1 unspecified atom stereocenters. The van der Waals surface area contributed by atoms with Crippen molar-refractivity contribution < 1.29 is 19.7 Å². The Morgan fingerprint density at radius 1 is 1.23 bits per heavy atom. The second kappa shape index (κ2) is 7.26.